The monoisotopic (exact) mass is 528 g/mol. The molecule has 0 fully saturated rings. The van der Waals surface area contributed by atoms with Gasteiger partial charge in [-0.15, -0.1) is 0 Å². The van der Waals surface area contributed by atoms with Crippen LogP contribution in [-0.4, -0.2) is 9.97 Å². The van der Waals surface area contributed by atoms with Gasteiger partial charge in [-0.05, 0) is 61.5 Å². The Balaban J connectivity index is 1.70. The van der Waals surface area contributed by atoms with Crippen LogP contribution in [-0.2, 0) is 0 Å². The maximum absolute atomic E-state index is 5.74. The van der Waals surface area contributed by atoms with Gasteiger partial charge in [0.15, 0.2) is 10.5 Å². The lowest BCUT2D eigenvalue weighted by Crippen LogP contribution is -1.96. The van der Waals surface area contributed by atoms with Crippen molar-refractivity contribution in [2.75, 3.05) is 0 Å². The molecule has 0 atom stereocenters. The molecule has 6 aromatic rings. The van der Waals surface area contributed by atoms with Crippen LogP contribution in [0.15, 0.2) is 98.5 Å². The first-order valence-corrected chi connectivity index (χ1v) is 11.4. The first-order valence-electron chi connectivity index (χ1n) is 9.82. The van der Waals surface area contributed by atoms with Crippen LogP contribution in [0.4, 0.5) is 0 Å². The molecule has 4 aromatic carbocycles. The zero-order valence-corrected chi connectivity index (χ0v) is 19.3. The average Bonchev–Trinajstić information content (AvgIpc) is 3.11. The molecule has 31 heavy (non-hydrogen) atoms. The quantitative estimate of drug-likeness (QED) is 0.211. The van der Waals surface area contributed by atoms with Crippen molar-refractivity contribution in [1.29, 1.82) is 0 Å². The molecular formula is C26H14Br2N2O. The second-order valence-electron chi connectivity index (χ2n) is 7.35. The number of fused-ring (bicyclic) bond motifs is 4. The number of hydrogen-bond acceptors (Lipinski definition) is 3. The van der Waals surface area contributed by atoms with E-state index in [4.69, 9.17) is 14.4 Å². The zero-order chi connectivity index (χ0) is 20.9. The molecule has 0 amide bonds. The van der Waals surface area contributed by atoms with E-state index in [9.17, 15) is 0 Å². The largest absolute Gasteiger partial charge is 0.448 e. The third-order valence-corrected chi connectivity index (χ3v) is 7.36. The van der Waals surface area contributed by atoms with Gasteiger partial charge in [0.25, 0.3) is 0 Å². The van der Waals surface area contributed by atoms with E-state index in [1.165, 1.54) is 0 Å². The van der Waals surface area contributed by atoms with Crippen LogP contribution in [0.5, 0.6) is 0 Å². The van der Waals surface area contributed by atoms with Crippen molar-refractivity contribution in [3.63, 3.8) is 0 Å². The summed E-state index contributed by atoms with van der Waals surface area (Å²) in [5.74, 6) is 0.689. The van der Waals surface area contributed by atoms with Gasteiger partial charge in [0.1, 0.15) is 5.58 Å². The number of furan rings is 1. The molecule has 0 bridgehead atoms. The standard InChI is InChI=1S/C26H14Br2N2O/c27-22-20-14-17(11-13-21(20)31-25(22)28)26-29-23(16-7-2-1-3-8-16)19-12-10-15-6-4-5-9-18(15)24(19)30-26/h1-14H. The molecule has 0 spiro atoms. The summed E-state index contributed by atoms with van der Waals surface area (Å²) in [7, 11) is 0. The molecule has 0 N–H and O–H groups in total. The van der Waals surface area contributed by atoms with Gasteiger partial charge in [0.2, 0.25) is 0 Å². The molecular weight excluding hydrogens is 516 g/mol. The van der Waals surface area contributed by atoms with Gasteiger partial charge in [0.05, 0.1) is 15.7 Å². The van der Waals surface area contributed by atoms with Crippen molar-refractivity contribution in [1.82, 2.24) is 9.97 Å². The number of rotatable bonds is 2. The topological polar surface area (TPSA) is 38.9 Å². The van der Waals surface area contributed by atoms with E-state index in [1.807, 2.05) is 30.3 Å². The van der Waals surface area contributed by atoms with Gasteiger partial charge >= 0.3 is 0 Å². The number of benzene rings is 4. The number of aromatic nitrogens is 2. The fourth-order valence-electron chi connectivity index (χ4n) is 3.99. The van der Waals surface area contributed by atoms with Gasteiger partial charge in [0, 0.05) is 27.3 Å². The van der Waals surface area contributed by atoms with Crippen LogP contribution in [0.25, 0.3) is 55.3 Å². The van der Waals surface area contributed by atoms with E-state index >= 15 is 0 Å². The first kappa shape index (κ1) is 18.7. The second kappa shape index (κ2) is 7.29. The zero-order valence-electron chi connectivity index (χ0n) is 16.1. The Bertz CT molecular complexity index is 1610. The Morgan fingerprint density at radius 2 is 1.45 bits per heavy atom. The Labute approximate surface area is 195 Å². The van der Waals surface area contributed by atoms with Crippen molar-refractivity contribution in [3.05, 3.63) is 94.1 Å². The molecule has 2 aromatic heterocycles. The van der Waals surface area contributed by atoms with E-state index in [1.54, 1.807) is 0 Å². The van der Waals surface area contributed by atoms with Gasteiger partial charge in [-0.3, -0.25) is 0 Å². The molecule has 0 unspecified atom stereocenters. The van der Waals surface area contributed by atoms with E-state index in [0.717, 1.165) is 53.9 Å². The average molecular weight is 530 g/mol. The molecule has 0 saturated carbocycles. The highest BCUT2D eigenvalue weighted by atomic mass is 79.9. The van der Waals surface area contributed by atoms with E-state index in [-0.39, 0.29) is 0 Å². The maximum atomic E-state index is 5.74. The van der Waals surface area contributed by atoms with Crippen molar-refractivity contribution in [2.45, 2.75) is 0 Å². The summed E-state index contributed by atoms with van der Waals surface area (Å²) < 4.78 is 7.30. The number of halogens is 2. The van der Waals surface area contributed by atoms with Gasteiger partial charge in [-0.25, -0.2) is 9.97 Å². The van der Waals surface area contributed by atoms with Gasteiger partial charge in [-0.1, -0.05) is 60.7 Å². The Kier molecular flexibility index (Phi) is 4.40. The predicted octanol–water partition coefficient (Wildman–Crippen LogP) is 8.39. The molecule has 0 radical (unpaired) electrons. The first-order chi connectivity index (χ1) is 15.2. The smallest absolute Gasteiger partial charge is 0.184 e. The lowest BCUT2D eigenvalue weighted by atomic mass is 10.0. The van der Waals surface area contributed by atoms with Crippen LogP contribution < -0.4 is 0 Å². The van der Waals surface area contributed by atoms with Crippen molar-refractivity contribution < 1.29 is 4.42 Å². The Hall–Kier alpha value is -3.02. The van der Waals surface area contributed by atoms with Crippen molar-refractivity contribution in [3.8, 4) is 22.6 Å². The Morgan fingerprint density at radius 1 is 0.645 bits per heavy atom. The maximum Gasteiger partial charge on any atom is 0.184 e. The van der Waals surface area contributed by atoms with Gasteiger partial charge in [-0.2, -0.15) is 0 Å². The summed E-state index contributed by atoms with van der Waals surface area (Å²) in [4.78, 5) is 10.1. The van der Waals surface area contributed by atoms with Crippen molar-refractivity contribution in [2.24, 2.45) is 0 Å². The molecule has 0 saturated heterocycles. The highest BCUT2D eigenvalue weighted by Gasteiger charge is 2.16. The molecule has 3 nitrogen and oxygen atoms in total. The number of hydrogen-bond donors (Lipinski definition) is 0. The SMILES string of the molecule is Brc1oc2ccc(-c3nc(-c4ccccc4)c4ccc5ccccc5c4n3)cc2c1Br. The fourth-order valence-corrected chi connectivity index (χ4v) is 4.76. The van der Waals surface area contributed by atoms with Gasteiger partial charge < -0.3 is 4.42 Å². The summed E-state index contributed by atoms with van der Waals surface area (Å²) in [6.07, 6.45) is 0. The summed E-state index contributed by atoms with van der Waals surface area (Å²) >= 11 is 7.05. The summed E-state index contributed by atoms with van der Waals surface area (Å²) in [6.45, 7) is 0. The van der Waals surface area contributed by atoms with Crippen LogP contribution in [0, 0.1) is 0 Å². The summed E-state index contributed by atoms with van der Waals surface area (Å²) in [5.41, 5.74) is 4.69. The Morgan fingerprint density at radius 3 is 2.32 bits per heavy atom. The lowest BCUT2D eigenvalue weighted by molar-refractivity contribution is 0.585. The minimum absolute atomic E-state index is 0.676. The molecule has 2 heterocycles. The second-order valence-corrected chi connectivity index (χ2v) is 8.86. The number of nitrogens with zero attached hydrogens (tertiary/aromatic N) is 2. The molecule has 0 aliphatic carbocycles. The molecule has 5 heteroatoms. The van der Waals surface area contributed by atoms with E-state index in [0.29, 0.717) is 10.5 Å². The molecule has 148 valence electrons. The fraction of sp³-hybridized carbons (Fsp3) is 0. The lowest BCUT2D eigenvalue weighted by Gasteiger charge is -2.11. The minimum Gasteiger partial charge on any atom is -0.448 e. The van der Waals surface area contributed by atoms with E-state index < -0.39 is 0 Å². The predicted molar refractivity (Wildman–Crippen MR) is 133 cm³/mol. The summed E-state index contributed by atoms with van der Waals surface area (Å²) in [6, 6.07) is 28.9. The van der Waals surface area contributed by atoms with Crippen molar-refractivity contribution >= 4 is 64.5 Å². The molecule has 0 aliphatic rings. The van der Waals surface area contributed by atoms with Crippen LogP contribution >= 0.6 is 31.9 Å². The highest BCUT2D eigenvalue weighted by molar-refractivity contribution is 9.13. The molecule has 0 aliphatic heterocycles. The normalized spacial score (nSPS) is 11.5. The third kappa shape index (κ3) is 3.08. The van der Waals surface area contributed by atoms with Crippen LogP contribution in [0.1, 0.15) is 0 Å². The van der Waals surface area contributed by atoms with Crippen LogP contribution in [0.2, 0.25) is 0 Å². The minimum atomic E-state index is 0.676. The highest BCUT2D eigenvalue weighted by Crippen LogP contribution is 2.38. The van der Waals surface area contributed by atoms with E-state index in [2.05, 4.69) is 86.5 Å². The van der Waals surface area contributed by atoms with Crippen LogP contribution in [0.3, 0.4) is 0 Å². The molecule has 6 rings (SSSR count). The third-order valence-electron chi connectivity index (χ3n) is 5.48. The summed E-state index contributed by atoms with van der Waals surface area (Å²) in [5, 5.41) is 4.30.